The highest BCUT2D eigenvalue weighted by Crippen LogP contribution is 2.09. The van der Waals surface area contributed by atoms with Crippen molar-refractivity contribution in [3.05, 3.63) is 12.2 Å². The van der Waals surface area contributed by atoms with E-state index in [1.807, 2.05) is 6.92 Å². The van der Waals surface area contributed by atoms with E-state index in [0.29, 0.717) is 26.1 Å². The number of hydrogen-bond acceptors (Lipinski definition) is 4. The fourth-order valence-electron chi connectivity index (χ4n) is 2.28. The molecule has 0 N–H and O–H groups in total. The molecular weight excluding hydrogens is 304 g/mol. The SMILES string of the molecule is C=C(C)CCOC(=O)CCCC(=O)OCCCCCCCCCC. The molecule has 0 spiro atoms. The fourth-order valence-corrected chi connectivity index (χ4v) is 2.28. The monoisotopic (exact) mass is 340 g/mol. The van der Waals surface area contributed by atoms with Crippen LogP contribution < -0.4 is 0 Å². The molecule has 4 heteroatoms. The Morgan fingerprint density at radius 3 is 1.75 bits per heavy atom. The van der Waals surface area contributed by atoms with Crippen molar-refractivity contribution >= 4 is 11.9 Å². The summed E-state index contributed by atoms with van der Waals surface area (Å²) < 4.78 is 10.2. The van der Waals surface area contributed by atoms with Gasteiger partial charge in [-0.15, -0.1) is 6.58 Å². The van der Waals surface area contributed by atoms with Crippen LogP contribution in [-0.2, 0) is 19.1 Å². The van der Waals surface area contributed by atoms with E-state index >= 15 is 0 Å². The maximum atomic E-state index is 11.5. The van der Waals surface area contributed by atoms with Gasteiger partial charge in [0.15, 0.2) is 0 Å². The van der Waals surface area contributed by atoms with E-state index in [1.165, 1.54) is 38.5 Å². The summed E-state index contributed by atoms with van der Waals surface area (Å²) in [5.74, 6) is -0.472. The third-order valence-corrected chi connectivity index (χ3v) is 3.81. The second-order valence-corrected chi connectivity index (χ2v) is 6.48. The summed E-state index contributed by atoms with van der Waals surface area (Å²) in [6.45, 7) is 8.74. The van der Waals surface area contributed by atoms with E-state index in [-0.39, 0.29) is 24.8 Å². The van der Waals surface area contributed by atoms with Crippen molar-refractivity contribution in [2.45, 2.75) is 90.9 Å². The molecule has 0 saturated heterocycles. The first-order valence-corrected chi connectivity index (χ1v) is 9.52. The van der Waals surface area contributed by atoms with Gasteiger partial charge < -0.3 is 9.47 Å². The molecule has 0 rings (SSSR count). The summed E-state index contributed by atoms with van der Waals surface area (Å²) in [7, 11) is 0. The van der Waals surface area contributed by atoms with Gasteiger partial charge in [-0.05, 0) is 19.8 Å². The molecule has 0 bridgehead atoms. The molecule has 140 valence electrons. The van der Waals surface area contributed by atoms with Crippen LogP contribution in [0.5, 0.6) is 0 Å². The minimum Gasteiger partial charge on any atom is -0.466 e. The average molecular weight is 341 g/mol. The second kappa shape index (κ2) is 16.5. The molecule has 0 aliphatic carbocycles. The highest BCUT2D eigenvalue weighted by Gasteiger charge is 2.07. The lowest BCUT2D eigenvalue weighted by Crippen LogP contribution is -2.09. The molecule has 24 heavy (non-hydrogen) atoms. The van der Waals surface area contributed by atoms with Crippen LogP contribution in [0.2, 0.25) is 0 Å². The summed E-state index contributed by atoms with van der Waals surface area (Å²) in [5, 5.41) is 0. The van der Waals surface area contributed by atoms with Gasteiger partial charge in [0.2, 0.25) is 0 Å². The number of carbonyl (C=O) groups excluding carboxylic acids is 2. The average Bonchev–Trinajstić information content (AvgIpc) is 2.53. The molecule has 0 aromatic carbocycles. The zero-order chi connectivity index (χ0) is 18.0. The maximum absolute atomic E-state index is 11.5. The van der Waals surface area contributed by atoms with Gasteiger partial charge in [-0.1, -0.05) is 57.4 Å². The Hall–Kier alpha value is -1.32. The number of ether oxygens (including phenoxy) is 2. The van der Waals surface area contributed by atoms with Crippen LogP contribution in [0.1, 0.15) is 90.9 Å². The number of carbonyl (C=O) groups is 2. The number of unbranched alkanes of at least 4 members (excludes halogenated alkanes) is 7. The van der Waals surface area contributed by atoms with Crippen molar-refractivity contribution in [1.29, 1.82) is 0 Å². The Morgan fingerprint density at radius 1 is 0.708 bits per heavy atom. The Balaban J connectivity index is 3.34. The lowest BCUT2D eigenvalue weighted by Gasteiger charge is -2.06. The molecule has 0 unspecified atom stereocenters. The highest BCUT2D eigenvalue weighted by atomic mass is 16.5. The molecule has 0 atom stereocenters. The van der Waals surface area contributed by atoms with Crippen molar-refractivity contribution in [3.63, 3.8) is 0 Å². The first kappa shape index (κ1) is 22.7. The van der Waals surface area contributed by atoms with Crippen LogP contribution in [-0.4, -0.2) is 25.2 Å². The number of esters is 2. The topological polar surface area (TPSA) is 52.6 Å². The molecule has 0 saturated carbocycles. The van der Waals surface area contributed by atoms with Crippen LogP contribution in [0.3, 0.4) is 0 Å². The van der Waals surface area contributed by atoms with Crippen LogP contribution in [0.25, 0.3) is 0 Å². The van der Waals surface area contributed by atoms with E-state index in [0.717, 1.165) is 18.4 Å². The summed E-state index contributed by atoms with van der Waals surface area (Å²) in [6, 6.07) is 0. The van der Waals surface area contributed by atoms with Crippen LogP contribution in [0.15, 0.2) is 12.2 Å². The molecule has 0 amide bonds. The minimum absolute atomic E-state index is 0.215. The minimum atomic E-state index is -0.257. The van der Waals surface area contributed by atoms with Gasteiger partial charge >= 0.3 is 11.9 Å². The van der Waals surface area contributed by atoms with Gasteiger partial charge in [0, 0.05) is 19.3 Å². The Kier molecular flexibility index (Phi) is 15.6. The van der Waals surface area contributed by atoms with Gasteiger partial charge in [0.1, 0.15) is 0 Å². The molecule has 0 aromatic rings. The largest absolute Gasteiger partial charge is 0.466 e. The fraction of sp³-hybridized carbons (Fsp3) is 0.800. The summed E-state index contributed by atoms with van der Waals surface area (Å²) in [5.41, 5.74) is 0.993. The molecule has 0 aromatic heterocycles. The molecule has 0 aliphatic rings. The maximum Gasteiger partial charge on any atom is 0.305 e. The quantitative estimate of drug-likeness (QED) is 0.216. The van der Waals surface area contributed by atoms with Gasteiger partial charge in [-0.3, -0.25) is 9.59 Å². The van der Waals surface area contributed by atoms with Crippen LogP contribution >= 0.6 is 0 Å². The molecule has 0 heterocycles. The standard InChI is InChI=1S/C20H36O4/c1-4-5-6-7-8-9-10-11-16-23-19(21)13-12-14-20(22)24-17-15-18(2)3/h2,4-17H2,1,3H3. The first-order chi connectivity index (χ1) is 11.6. The van der Waals surface area contributed by atoms with E-state index in [9.17, 15) is 9.59 Å². The van der Waals surface area contributed by atoms with Crippen LogP contribution in [0.4, 0.5) is 0 Å². The Morgan fingerprint density at radius 2 is 1.21 bits per heavy atom. The predicted octanol–water partition coefficient (Wildman–Crippen LogP) is 5.35. The lowest BCUT2D eigenvalue weighted by molar-refractivity contribution is -0.145. The Labute approximate surface area is 148 Å². The van der Waals surface area contributed by atoms with Gasteiger partial charge in [-0.25, -0.2) is 0 Å². The summed E-state index contributed by atoms with van der Waals surface area (Å²) in [4.78, 5) is 23.0. The van der Waals surface area contributed by atoms with E-state index in [1.54, 1.807) is 0 Å². The summed E-state index contributed by atoms with van der Waals surface area (Å²) >= 11 is 0. The molecule has 0 fully saturated rings. The number of hydrogen-bond donors (Lipinski definition) is 0. The van der Waals surface area contributed by atoms with Crippen molar-refractivity contribution in [3.8, 4) is 0 Å². The van der Waals surface area contributed by atoms with E-state index in [4.69, 9.17) is 9.47 Å². The zero-order valence-corrected chi connectivity index (χ0v) is 15.7. The lowest BCUT2D eigenvalue weighted by atomic mass is 10.1. The van der Waals surface area contributed by atoms with Gasteiger partial charge in [0.25, 0.3) is 0 Å². The first-order valence-electron chi connectivity index (χ1n) is 9.52. The molecular formula is C20H36O4. The normalized spacial score (nSPS) is 10.4. The smallest absolute Gasteiger partial charge is 0.305 e. The third-order valence-electron chi connectivity index (χ3n) is 3.81. The third kappa shape index (κ3) is 17.0. The zero-order valence-electron chi connectivity index (χ0n) is 15.7. The van der Waals surface area contributed by atoms with Gasteiger partial charge in [-0.2, -0.15) is 0 Å². The van der Waals surface area contributed by atoms with E-state index in [2.05, 4.69) is 13.5 Å². The van der Waals surface area contributed by atoms with Crippen molar-refractivity contribution in [2.24, 2.45) is 0 Å². The van der Waals surface area contributed by atoms with Crippen LogP contribution in [0, 0.1) is 0 Å². The predicted molar refractivity (Wildman–Crippen MR) is 97.8 cm³/mol. The highest BCUT2D eigenvalue weighted by molar-refractivity contribution is 5.72. The summed E-state index contributed by atoms with van der Waals surface area (Å²) in [6.07, 6.45) is 11.5. The second-order valence-electron chi connectivity index (χ2n) is 6.48. The molecule has 4 nitrogen and oxygen atoms in total. The number of rotatable bonds is 16. The molecule has 0 aliphatic heterocycles. The van der Waals surface area contributed by atoms with Crippen molar-refractivity contribution in [1.82, 2.24) is 0 Å². The van der Waals surface area contributed by atoms with E-state index < -0.39 is 0 Å². The Bertz CT molecular complexity index is 350. The molecule has 0 radical (unpaired) electrons. The van der Waals surface area contributed by atoms with Gasteiger partial charge in [0.05, 0.1) is 13.2 Å². The van der Waals surface area contributed by atoms with Crippen molar-refractivity contribution in [2.75, 3.05) is 13.2 Å². The van der Waals surface area contributed by atoms with Crippen molar-refractivity contribution < 1.29 is 19.1 Å².